The number of ether oxygens (including phenoxy) is 3. The molecule has 7 heteroatoms. The van der Waals surface area contributed by atoms with E-state index in [0.717, 1.165) is 5.56 Å². The number of rotatable bonds is 12. The van der Waals surface area contributed by atoms with Crippen LogP contribution >= 0.6 is 0 Å². The zero-order valence-electron chi connectivity index (χ0n) is 13.2. The van der Waals surface area contributed by atoms with Crippen molar-refractivity contribution in [3.8, 4) is 0 Å². The Balaban J connectivity index is 2.39. The van der Waals surface area contributed by atoms with Gasteiger partial charge in [0, 0.05) is 13.1 Å². The highest BCUT2D eigenvalue weighted by molar-refractivity contribution is 5.67. The highest BCUT2D eigenvalue weighted by Crippen LogP contribution is 2.03. The third-order valence-electron chi connectivity index (χ3n) is 2.95. The Bertz CT molecular complexity index is 402. The molecule has 0 atom stereocenters. The first kappa shape index (κ1) is 19.4. The van der Waals surface area contributed by atoms with Crippen LogP contribution in [-0.4, -0.2) is 73.9 Å². The summed E-state index contributed by atoms with van der Waals surface area (Å²) in [5.74, 6) is 0. The molecule has 0 unspecified atom stereocenters. The highest BCUT2D eigenvalue weighted by Gasteiger charge is 2.14. The van der Waals surface area contributed by atoms with Crippen molar-refractivity contribution in [1.82, 2.24) is 4.90 Å². The number of carbonyl (C=O) groups is 1. The third-order valence-corrected chi connectivity index (χ3v) is 2.95. The fourth-order valence-corrected chi connectivity index (χ4v) is 1.79. The highest BCUT2D eigenvalue weighted by atomic mass is 16.6. The molecule has 1 aromatic rings. The molecule has 0 aromatic heterocycles. The molecule has 0 aliphatic heterocycles. The molecule has 0 aliphatic rings. The summed E-state index contributed by atoms with van der Waals surface area (Å²) in [6.45, 7) is 1.84. The Morgan fingerprint density at radius 2 is 1.48 bits per heavy atom. The van der Waals surface area contributed by atoms with Crippen LogP contribution in [0.2, 0.25) is 0 Å². The fraction of sp³-hybridized carbons (Fsp3) is 0.562. The molecule has 0 saturated carbocycles. The summed E-state index contributed by atoms with van der Waals surface area (Å²) < 4.78 is 15.6. The molecule has 2 N–H and O–H groups in total. The van der Waals surface area contributed by atoms with Gasteiger partial charge in [-0.25, -0.2) is 4.79 Å². The van der Waals surface area contributed by atoms with Gasteiger partial charge in [0.25, 0.3) is 0 Å². The lowest BCUT2D eigenvalue weighted by Crippen LogP contribution is -2.37. The maximum Gasteiger partial charge on any atom is 0.410 e. The lowest BCUT2D eigenvalue weighted by atomic mass is 10.2. The van der Waals surface area contributed by atoms with Crippen molar-refractivity contribution in [3.05, 3.63) is 35.9 Å². The molecule has 23 heavy (non-hydrogen) atoms. The summed E-state index contributed by atoms with van der Waals surface area (Å²) >= 11 is 0. The molecule has 1 rings (SSSR count). The van der Waals surface area contributed by atoms with Gasteiger partial charge in [-0.3, -0.25) is 0 Å². The average molecular weight is 327 g/mol. The van der Waals surface area contributed by atoms with E-state index in [1.807, 2.05) is 30.3 Å². The van der Waals surface area contributed by atoms with E-state index >= 15 is 0 Å². The predicted molar refractivity (Wildman–Crippen MR) is 84.0 cm³/mol. The molecule has 0 fully saturated rings. The molecular formula is C16H25NO6. The molecule has 1 amide bonds. The summed E-state index contributed by atoms with van der Waals surface area (Å²) in [5, 5.41) is 17.4. The maximum absolute atomic E-state index is 12.1. The summed E-state index contributed by atoms with van der Waals surface area (Å²) in [7, 11) is 0. The van der Waals surface area contributed by atoms with Crippen molar-refractivity contribution in [2.24, 2.45) is 0 Å². The van der Waals surface area contributed by atoms with Gasteiger partial charge in [0.2, 0.25) is 0 Å². The molecule has 0 aliphatic carbocycles. The standard InChI is InChI=1S/C16H25NO6/c18-8-12-21-10-6-17(7-11-22-13-9-19)16(20)23-14-15-4-2-1-3-5-15/h1-5,18-19H,6-14H2. The van der Waals surface area contributed by atoms with E-state index in [4.69, 9.17) is 24.4 Å². The minimum atomic E-state index is -0.450. The number of hydrogen-bond acceptors (Lipinski definition) is 6. The summed E-state index contributed by atoms with van der Waals surface area (Å²) in [5.41, 5.74) is 0.911. The minimum absolute atomic E-state index is 0.0575. The first-order valence-electron chi connectivity index (χ1n) is 7.60. The van der Waals surface area contributed by atoms with Crippen molar-refractivity contribution < 1.29 is 29.2 Å². The van der Waals surface area contributed by atoms with Crippen molar-refractivity contribution in [1.29, 1.82) is 0 Å². The Morgan fingerprint density at radius 3 is 2.00 bits per heavy atom. The van der Waals surface area contributed by atoms with Crippen LogP contribution in [0.25, 0.3) is 0 Å². The van der Waals surface area contributed by atoms with Gasteiger partial charge in [-0.1, -0.05) is 30.3 Å². The van der Waals surface area contributed by atoms with E-state index < -0.39 is 6.09 Å². The van der Waals surface area contributed by atoms with E-state index in [0.29, 0.717) is 26.3 Å². The smallest absolute Gasteiger partial charge is 0.410 e. The van der Waals surface area contributed by atoms with Crippen LogP contribution < -0.4 is 0 Å². The van der Waals surface area contributed by atoms with E-state index in [2.05, 4.69) is 0 Å². The van der Waals surface area contributed by atoms with Crippen LogP contribution in [0.15, 0.2) is 30.3 Å². The Hall–Kier alpha value is -1.67. The predicted octanol–water partition coefficient (Wildman–Crippen LogP) is 0.643. The third kappa shape index (κ3) is 9.14. The monoisotopic (exact) mass is 327 g/mol. The second kappa shape index (κ2) is 12.8. The lowest BCUT2D eigenvalue weighted by Gasteiger charge is -2.22. The number of hydrogen-bond donors (Lipinski definition) is 2. The molecule has 0 bridgehead atoms. The Morgan fingerprint density at radius 1 is 0.913 bits per heavy atom. The molecule has 7 nitrogen and oxygen atoms in total. The largest absolute Gasteiger partial charge is 0.445 e. The summed E-state index contributed by atoms with van der Waals surface area (Å²) in [4.78, 5) is 13.6. The number of carbonyl (C=O) groups excluding carboxylic acids is 1. The van der Waals surface area contributed by atoms with Crippen LogP contribution in [0.1, 0.15) is 5.56 Å². The molecule has 0 spiro atoms. The first-order chi connectivity index (χ1) is 11.3. The van der Waals surface area contributed by atoms with Crippen molar-refractivity contribution >= 4 is 6.09 Å². The van der Waals surface area contributed by atoms with Crippen LogP contribution in [0.4, 0.5) is 4.79 Å². The van der Waals surface area contributed by atoms with Gasteiger partial charge in [0.05, 0.1) is 39.6 Å². The quantitative estimate of drug-likeness (QED) is 0.548. The van der Waals surface area contributed by atoms with Crippen molar-refractivity contribution in [2.75, 3.05) is 52.7 Å². The van der Waals surface area contributed by atoms with E-state index in [1.165, 1.54) is 4.90 Å². The molecule has 0 saturated heterocycles. The van der Waals surface area contributed by atoms with Crippen molar-refractivity contribution in [2.45, 2.75) is 6.61 Å². The Kier molecular flexibility index (Phi) is 10.8. The molecule has 0 heterocycles. The maximum atomic E-state index is 12.1. The van der Waals surface area contributed by atoms with Gasteiger partial charge >= 0.3 is 6.09 Å². The van der Waals surface area contributed by atoms with E-state index in [-0.39, 0.29) is 33.0 Å². The average Bonchev–Trinajstić information content (AvgIpc) is 2.59. The number of aliphatic hydroxyl groups excluding tert-OH is 2. The van der Waals surface area contributed by atoms with Gasteiger partial charge in [-0.05, 0) is 5.56 Å². The zero-order chi connectivity index (χ0) is 16.8. The SMILES string of the molecule is O=C(OCc1ccccc1)N(CCOCCO)CCOCCO. The topological polar surface area (TPSA) is 88.5 Å². The zero-order valence-corrected chi connectivity index (χ0v) is 13.2. The number of amides is 1. The van der Waals surface area contributed by atoms with Gasteiger partial charge in [0.15, 0.2) is 0 Å². The molecule has 1 aromatic carbocycles. The van der Waals surface area contributed by atoms with E-state index in [9.17, 15) is 4.79 Å². The van der Waals surface area contributed by atoms with Gasteiger partial charge in [-0.15, -0.1) is 0 Å². The van der Waals surface area contributed by atoms with Gasteiger partial charge in [-0.2, -0.15) is 0 Å². The molecular weight excluding hydrogens is 302 g/mol. The number of nitrogens with zero attached hydrogens (tertiary/aromatic N) is 1. The minimum Gasteiger partial charge on any atom is -0.445 e. The van der Waals surface area contributed by atoms with Crippen LogP contribution in [0.5, 0.6) is 0 Å². The summed E-state index contributed by atoms with van der Waals surface area (Å²) in [6.07, 6.45) is -0.450. The molecule has 130 valence electrons. The van der Waals surface area contributed by atoms with Crippen LogP contribution in [0.3, 0.4) is 0 Å². The van der Waals surface area contributed by atoms with E-state index in [1.54, 1.807) is 0 Å². The Labute approximate surface area is 136 Å². The second-order valence-electron chi connectivity index (χ2n) is 4.70. The number of benzene rings is 1. The van der Waals surface area contributed by atoms with Crippen molar-refractivity contribution in [3.63, 3.8) is 0 Å². The van der Waals surface area contributed by atoms with Gasteiger partial charge < -0.3 is 29.3 Å². The van der Waals surface area contributed by atoms with Crippen LogP contribution in [-0.2, 0) is 20.8 Å². The fourth-order valence-electron chi connectivity index (χ4n) is 1.79. The van der Waals surface area contributed by atoms with Gasteiger partial charge in [0.1, 0.15) is 6.61 Å². The van der Waals surface area contributed by atoms with Crippen LogP contribution in [0, 0.1) is 0 Å². The first-order valence-corrected chi connectivity index (χ1v) is 7.60. The normalized spacial score (nSPS) is 10.5. The summed E-state index contributed by atoms with van der Waals surface area (Å²) in [6, 6.07) is 9.42. The number of aliphatic hydroxyl groups is 2. The molecule has 0 radical (unpaired) electrons. The second-order valence-corrected chi connectivity index (χ2v) is 4.70. The lowest BCUT2D eigenvalue weighted by molar-refractivity contribution is 0.0393.